The van der Waals surface area contributed by atoms with Crippen molar-refractivity contribution in [2.45, 2.75) is 16.8 Å². The van der Waals surface area contributed by atoms with E-state index < -0.39 is 8.00 Å². The average molecular weight is 180 g/mol. The average Bonchev–Trinajstić information content (AvgIpc) is 2.48. The Morgan fingerprint density at radius 3 is 2.56 bits per heavy atom. The predicted octanol–water partition coefficient (Wildman–Crippen LogP) is 1.95. The number of fused-ring (bicyclic) bond motifs is 1. The highest BCUT2D eigenvalue weighted by molar-refractivity contribution is 9.38. The predicted molar refractivity (Wildman–Crippen MR) is 46.9 cm³/mol. The highest BCUT2D eigenvalue weighted by atomic mass is 33.6. The maximum atomic E-state index is 11.1. The molecule has 2 saturated heterocycles. The minimum Gasteiger partial charge on any atom is -0.263 e. The number of allylic oxidation sites excluding steroid dienone is 2. The quantitative estimate of drug-likeness (QED) is 0.303. The van der Waals surface area contributed by atoms with E-state index in [9.17, 15) is 4.21 Å². The second-order valence-corrected chi connectivity index (χ2v) is 11.4. The van der Waals surface area contributed by atoms with Crippen LogP contribution in [0.25, 0.3) is 0 Å². The smallest absolute Gasteiger partial charge is 0.157 e. The van der Waals surface area contributed by atoms with Crippen molar-refractivity contribution >= 4 is 29.6 Å². The van der Waals surface area contributed by atoms with Crippen LogP contribution in [0, 0.1) is 0 Å². The van der Waals surface area contributed by atoms with Crippen LogP contribution in [0.3, 0.4) is 0 Å². The molecule has 0 N–H and O–H groups in total. The molecule has 1 nitrogen and oxygen atoms in total. The molecule has 0 bridgehead atoms. The third-order valence-electron chi connectivity index (χ3n) is 1.49. The molecule has 0 atom stereocenters. The summed E-state index contributed by atoms with van der Waals surface area (Å²) < 4.78 is 11.3. The van der Waals surface area contributed by atoms with E-state index in [4.69, 9.17) is 0 Å². The van der Waals surface area contributed by atoms with Crippen LogP contribution in [-0.2, 0) is 8.00 Å². The van der Waals surface area contributed by atoms with E-state index in [0.717, 1.165) is 6.42 Å². The Bertz CT molecular complexity index is 210. The Morgan fingerprint density at radius 2 is 2.22 bits per heavy atom. The maximum Gasteiger partial charge on any atom is 0.157 e. The van der Waals surface area contributed by atoms with Crippen molar-refractivity contribution in [3.63, 3.8) is 0 Å². The standard InChI is InChI=1S/C5H8OS3/c1-2-3-4-5-7-9(5,6)8-5/h2-3,9H,4H2,1H3/b3-2+. The largest absolute Gasteiger partial charge is 0.263 e. The van der Waals surface area contributed by atoms with Gasteiger partial charge in [0.1, 0.15) is 0 Å². The zero-order valence-electron chi connectivity index (χ0n) is 5.03. The zero-order valence-corrected chi connectivity index (χ0v) is 7.56. The number of rotatable bonds is 2. The first-order valence-corrected chi connectivity index (χ1v) is 7.40. The molecule has 4 heteroatoms. The third kappa shape index (κ3) is 0.731. The molecule has 0 aromatic carbocycles. The molecule has 2 rings (SSSR count). The van der Waals surface area contributed by atoms with Crippen molar-refractivity contribution in [3.05, 3.63) is 12.2 Å². The van der Waals surface area contributed by atoms with Crippen molar-refractivity contribution in [2.24, 2.45) is 0 Å². The lowest BCUT2D eigenvalue weighted by molar-refractivity contribution is 0.693. The van der Waals surface area contributed by atoms with Gasteiger partial charge in [-0.2, -0.15) is 0 Å². The Kier molecular flexibility index (Phi) is 1.12. The Hall–Kier alpha value is 0.590. The first kappa shape index (κ1) is 6.31. The second kappa shape index (κ2) is 1.60. The molecule has 2 fully saturated rings. The lowest BCUT2D eigenvalue weighted by atomic mass is 10.4. The van der Waals surface area contributed by atoms with Crippen LogP contribution in [0.2, 0.25) is 0 Å². The van der Waals surface area contributed by atoms with Gasteiger partial charge in [-0.15, -0.1) is 0 Å². The highest BCUT2D eigenvalue weighted by Crippen LogP contribution is 2.93. The van der Waals surface area contributed by atoms with Crippen LogP contribution in [0.15, 0.2) is 12.2 Å². The summed E-state index contributed by atoms with van der Waals surface area (Å²) in [6.07, 6.45) is 5.14. The molecular weight excluding hydrogens is 172 g/mol. The fourth-order valence-electron chi connectivity index (χ4n) is 0.795. The van der Waals surface area contributed by atoms with Gasteiger partial charge in [0.05, 0.1) is 0 Å². The van der Waals surface area contributed by atoms with Crippen LogP contribution in [-0.4, -0.2) is 7.62 Å². The Morgan fingerprint density at radius 1 is 1.67 bits per heavy atom. The highest BCUT2D eigenvalue weighted by Gasteiger charge is 2.80. The molecule has 2 aliphatic heterocycles. The van der Waals surface area contributed by atoms with Gasteiger partial charge in [-0.1, -0.05) is 12.2 Å². The van der Waals surface area contributed by atoms with E-state index in [-0.39, 0.29) is 3.41 Å². The van der Waals surface area contributed by atoms with Crippen molar-refractivity contribution in [1.29, 1.82) is 0 Å². The van der Waals surface area contributed by atoms with Crippen LogP contribution < -0.4 is 0 Å². The topological polar surface area (TPSA) is 17.1 Å². The minimum atomic E-state index is -1.60. The van der Waals surface area contributed by atoms with E-state index in [1.807, 2.05) is 13.0 Å². The summed E-state index contributed by atoms with van der Waals surface area (Å²) in [5.41, 5.74) is 0. The van der Waals surface area contributed by atoms with Crippen LogP contribution >= 0.6 is 21.6 Å². The Balaban J connectivity index is 1.98. The van der Waals surface area contributed by atoms with Crippen LogP contribution in [0.1, 0.15) is 13.3 Å². The molecule has 0 radical (unpaired) electrons. The normalized spacial score (nSPS) is 46.3. The first-order chi connectivity index (χ1) is 4.22. The molecule has 0 saturated carbocycles. The van der Waals surface area contributed by atoms with Crippen LogP contribution in [0.5, 0.6) is 0 Å². The van der Waals surface area contributed by atoms with Crippen molar-refractivity contribution in [2.75, 3.05) is 0 Å². The molecule has 2 aliphatic rings. The molecular formula is C5H8OS3. The summed E-state index contributed by atoms with van der Waals surface area (Å²) in [5.74, 6) is 0. The van der Waals surface area contributed by atoms with Crippen molar-refractivity contribution in [1.82, 2.24) is 0 Å². The zero-order chi connectivity index (χ0) is 6.54. The summed E-state index contributed by atoms with van der Waals surface area (Å²) in [5, 5.41) is 0. The molecule has 0 unspecified atom stereocenters. The molecule has 9 heavy (non-hydrogen) atoms. The molecule has 0 aromatic heterocycles. The number of hydrogen-bond acceptors (Lipinski definition) is 3. The van der Waals surface area contributed by atoms with Crippen LogP contribution in [0.4, 0.5) is 0 Å². The van der Waals surface area contributed by atoms with E-state index in [0.29, 0.717) is 0 Å². The number of thiol groups is 1. The van der Waals surface area contributed by atoms with Gasteiger partial charge in [0.2, 0.25) is 0 Å². The van der Waals surface area contributed by atoms with E-state index in [1.54, 1.807) is 21.6 Å². The first-order valence-electron chi connectivity index (χ1n) is 2.85. The van der Waals surface area contributed by atoms with Crippen molar-refractivity contribution < 1.29 is 4.21 Å². The fourth-order valence-corrected chi connectivity index (χ4v) is 10.9. The van der Waals surface area contributed by atoms with Gasteiger partial charge >= 0.3 is 0 Å². The molecule has 0 spiro atoms. The SMILES string of the molecule is C/C=C/CC12S[SH]1(=O)S2. The number of hydrogen-bond donors (Lipinski definition) is 1. The summed E-state index contributed by atoms with van der Waals surface area (Å²) in [7, 11) is 1.75. The summed E-state index contributed by atoms with van der Waals surface area (Å²) in [4.78, 5) is 0. The summed E-state index contributed by atoms with van der Waals surface area (Å²) >= 11 is 0. The van der Waals surface area contributed by atoms with E-state index in [2.05, 4.69) is 6.08 Å². The monoisotopic (exact) mass is 180 g/mol. The van der Waals surface area contributed by atoms with Gasteiger partial charge in [0.15, 0.2) is 3.41 Å². The van der Waals surface area contributed by atoms with E-state index in [1.165, 1.54) is 0 Å². The van der Waals surface area contributed by atoms with E-state index >= 15 is 0 Å². The fraction of sp³-hybridized carbons (Fsp3) is 0.600. The second-order valence-electron chi connectivity index (χ2n) is 2.17. The minimum absolute atomic E-state index is 0.208. The third-order valence-corrected chi connectivity index (χ3v) is 12.7. The van der Waals surface area contributed by atoms with Crippen molar-refractivity contribution in [3.8, 4) is 0 Å². The van der Waals surface area contributed by atoms with Gasteiger partial charge in [0, 0.05) is 14.4 Å². The van der Waals surface area contributed by atoms with Gasteiger partial charge < -0.3 is 0 Å². The molecule has 0 amide bonds. The lowest BCUT2D eigenvalue weighted by Gasteiger charge is -1.86. The molecule has 0 aromatic rings. The van der Waals surface area contributed by atoms with Gasteiger partial charge in [-0.05, 0) is 28.5 Å². The summed E-state index contributed by atoms with van der Waals surface area (Å²) in [6.45, 7) is 2.00. The molecule has 52 valence electrons. The van der Waals surface area contributed by atoms with Gasteiger partial charge in [-0.25, -0.2) is 0 Å². The van der Waals surface area contributed by atoms with Gasteiger partial charge in [0.25, 0.3) is 0 Å². The molecule has 2 heterocycles. The lowest BCUT2D eigenvalue weighted by Crippen LogP contribution is -1.81. The van der Waals surface area contributed by atoms with Gasteiger partial charge in [-0.3, -0.25) is 4.21 Å². The Labute approximate surface area is 62.9 Å². The molecule has 0 aliphatic carbocycles. The maximum absolute atomic E-state index is 11.1. The summed E-state index contributed by atoms with van der Waals surface area (Å²) in [6, 6.07) is 0.